The molecule has 9 nitrogen and oxygen atoms in total. The Balaban J connectivity index is 1.51. The van der Waals surface area contributed by atoms with Crippen molar-refractivity contribution in [1.82, 2.24) is 30.0 Å². The third kappa shape index (κ3) is 4.64. The quantitative estimate of drug-likeness (QED) is 0.373. The van der Waals surface area contributed by atoms with E-state index in [9.17, 15) is 28.2 Å². The molecule has 3 N–H and O–H groups in total. The second kappa shape index (κ2) is 9.28. The number of aromatic nitrogens is 5. The molecule has 5 rings (SSSR count). The lowest BCUT2D eigenvalue weighted by Crippen LogP contribution is -2.46. The standard InChI is InChI=1S/C24H21F3N6O3/c25-24(26,27)22(36)32-21(15-8-17(35)9-15)19-3-1-2-18(31-19)13-4-5-14-11-29-33(20(14)10-13)23-28-7-6-16(12-34)30-23/h1-7,10-11,15,17,21,34-35H,8-9,12H2,(H,32,36)/t15?,17?,21-/m0/s1. The third-order valence-corrected chi connectivity index (χ3v) is 6.17. The first-order valence-electron chi connectivity index (χ1n) is 11.2. The number of nitrogens with zero attached hydrogens (tertiary/aromatic N) is 5. The number of halogens is 3. The average Bonchev–Trinajstić information content (AvgIpc) is 3.28. The van der Waals surface area contributed by atoms with Gasteiger partial charge in [-0.3, -0.25) is 9.78 Å². The molecule has 1 aromatic carbocycles. The largest absolute Gasteiger partial charge is 0.471 e. The number of rotatable bonds is 6. The van der Waals surface area contributed by atoms with Crippen LogP contribution >= 0.6 is 0 Å². The molecule has 12 heteroatoms. The molecule has 1 atom stereocenters. The van der Waals surface area contributed by atoms with Crippen molar-refractivity contribution in [3.8, 4) is 17.2 Å². The molecule has 1 amide bonds. The molecule has 0 bridgehead atoms. The Kier molecular flexibility index (Phi) is 6.14. The summed E-state index contributed by atoms with van der Waals surface area (Å²) in [6.07, 6.45) is -1.94. The molecule has 36 heavy (non-hydrogen) atoms. The van der Waals surface area contributed by atoms with Crippen molar-refractivity contribution in [3.05, 3.63) is 66.2 Å². The van der Waals surface area contributed by atoms with E-state index in [1.807, 2.05) is 12.1 Å². The van der Waals surface area contributed by atoms with Crippen molar-refractivity contribution >= 4 is 16.8 Å². The fourth-order valence-corrected chi connectivity index (χ4v) is 4.26. The zero-order valence-electron chi connectivity index (χ0n) is 18.7. The SMILES string of the molecule is O=C(N[C@H](c1cccc(-c2ccc3cnn(-c4nccc(CO)n4)c3c2)n1)C1CC(O)C1)C(F)(F)F. The number of pyridine rings is 1. The van der Waals surface area contributed by atoms with E-state index < -0.39 is 24.2 Å². The van der Waals surface area contributed by atoms with Gasteiger partial charge in [0.15, 0.2) is 0 Å². The molecule has 1 saturated carbocycles. The van der Waals surface area contributed by atoms with Gasteiger partial charge in [-0.2, -0.15) is 23.0 Å². The Morgan fingerprint density at radius 3 is 2.69 bits per heavy atom. The van der Waals surface area contributed by atoms with E-state index in [4.69, 9.17) is 0 Å². The van der Waals surface area contributed by atoms with E-state index >= 15 is 0 Å². The molecule has 3 aromatic heterocycles. The molecular weight excluding hydrogens is 477 g/mol. The average molecular weight is 498 g/mol. The van der Waals surface area contributed by atoms with Crippen molar-refractivity contribution < 1.29 is 28.2 Å². The van der Waals surface area contributed by atoms with Gasteiger partial charge in [0.05, 0.1) is 47.5 Å². The smallest absolute Gasteiger partial charge is 0.393 e. The van der Waals surface area contributed by atoms with Crippen molar-refractivity contribution in [2.75, 3.05) is 0 Å². The van der Waals surface area contributed by atoms with Gasteiger partial charge >= 0.3 is 12.1 Å². The summed E-state index contributed by atoms with van der Waals surface area (Å²) in [6, 6.07) is 11.0. The second-order valence-corrected chi connectivity index (χ2v) is 8.62. The lowest BCUT2D eigenvalue weighted by atomic mass is 9.76. The third-order valence-electron chi connectivity index (χ3n) is 6.17. The number of hydrogen-bond donors (Lipinski definition) is 3. The number of carbonyl (C=O) groups is 1. The van der Waals surface area contributed by atoms with Crippen LogP contribution in [0.3, 0.4) is 0 Å². The van der Waals surface area contributed by atoms with Gasteiger partial charge in [-0.15, -0.1) is 0 Å². The number of benzene rings is 1. The maximum absolute atomic E-state index is 13.0. The lowest BCUT2D eigenvalue weighted by molar-refractivity contribution is -0.175. The van der Waals surface area contributed by atoms with Crippen molar-refractivity contribution in [2.24, 2.45) is 5.92 Å². The predicted molar refractivity (Wildman–Crippen MR) is 121 cm³/mol. The van der Waals surface area contributed by atoms with E-state index in [1.54, 1.807) is 36.5 Å². The van der Waals surface area contributed by atoms with Gasteiger partial charge < -0.3 is 15.5 Å². The van der Waals surface area contributed by atoms with Gasteiger partial charge in [0.25, 0.3) is 5.95 Å². The number of alkyl halides is 3. The first-order chi connectivity index (χ1) is 17.2. The molecule has 1 aliphatic carbocycles. The molecule has 0 spiro atoms. The highest BCUT2D eigenvalue weighted by atomic mass is 19.4. The summed E-state index contributed by atoms with van der Waals surface area (Å²) in [5.74, 6) is -2.14. The fourth-order valence-electron chi connectivity index (χ4n) is 4.26. The summed E-state index contributed by atoms with van der Waals surface area (Å²) in [5.41, 5.74) is 2.52. The lowest BCUT2D eigenvalue weighted by Gasteiger charge is -2.37. The van der Waals surface area contributed by atoms with Gasteiger partial charge in [0, 0.05) is 17.1 Å². The van der Waals surface area contributed by atoms with Crippen LogP contribution in [0.2, 0.25) is 0 Å². The maximum atomic E-state index is 13.0. The molecular formula is C24H21F3N6O3. The highest BCUT2D eigenvalue weighted by Crippen LogP contribution is 2.38. The number of nitrogens with one attached hydrogen (secondary N) is 1. The van der Waals surface area contributed by atoms with Crippen molar-refractivity contribution in [1.29, 1.82) is 0 Å². The van der Waals surface area contributed by atoms with Crippen LogP contribution in [0.1, 0.15) is 30.3 Å². The van der Waals surface area contributed by atoms with Gasteiger partial charge in [-0.1, -0.05) is 18.2 Å². The number of hydrogen-bond acceptors (Lipinski definition) is 7. The summed E-state index contributed by atoms with van der Waals surface area (Å²) < 4.78 is 40.4. The Bertz CT molecular complexity index is 1420. The Morgan fingerprint density at radius 1 is 1.17 bits per heavy atom. The van der Waals surface area contributed by atoms with E-state index in [2.05, 4.69) is 25.4 Å². The molecule has 0 saturated heterocycles. The topological polar surface area (TPSA) is 126 Å². The molecule has 1 aliphatic rings. The maximum Gasteiger partial charge on any atom is 0.471 e. The van der Waals surface area contributed by atoms with Crippen molar-refractivity contribution in [3.63, 3.8) is 0 Å². The molecule has 0 radical (unpaired) electrons. The first-order valence-corrected chi connectivity index (χ1v) is 11.2. The zero-order chi connectivity index (χ0) is 25.4. The summed E-state index contributed by atoms with van der Waals surface area (Å²) >= 11 is 0. The van der Waals surface area contributed by atoms with Crippen LogP contribution in [-0.4, -0.2) is 53.1 Å². The van der Waals surface area contributed by atoms with Crippen LogP contribution in [0.5, 0.6) is 0 Å². The number of fused-ring (bicyclic) bond motifs is 1. The van der Waals surface area contributed by atoms with Gasteiger partial charge in [0.1, 0.15) is 0 Å². The van der Waals surface area contributed by atoms with Crippen LogP contribution < -0.4 is 5.32 Å². The highest BCUT2D eigenvalue weighted by molar-refractivity contribution is 5.85. The van der Waals surface area contributed by atoms with Crippen LogP contribution in [0.4, 0.5) is 13.2 Å². The van der Waals surface area contributed by atoms with E-state index in [1.165, 1.54) is 10.9 Å². The predicted octanol–water partition coefficient (Wildman–Crippen LogP) is 2.86. The highest BCUT2D eigenvalue weighted by Gasteiger charge is 2.43. The number of aliphatic hydroxyl groups excluding tert-OH is 2. The van der Waals surface area contributed by atoms with Gasteiger partial charge in [-0.05, 0) is 43.0 Å². The summed E-state index contributed by atoms with van der Waals surface area (Å²) in [7, 11) is 0. The van der Waals surface area contributed by atoms with Crippen LogP contribution in [0.25, 0.3) is 28.1 Å². The normalized spacial score (nSPS) is 18.6. The molecule has 3 heterocycles. The van der Waals surface area contributed by atoms with Gasteiger partial charge in [-0.25, -0.2) is 9.97 Å². The van der Waals surface area contributed by atoms with E-state index in [-0.39, 0.29) is 37.0 Å². The van der Waals surface area contributed by atoms with E-state index in [0.29, 0.717) is 22.5 Å². The molecule has 0 aliphatic heterocycles. The van der Waals surface area contributed by atoms with Crippen molar-refractivity contribution in [2.45, 2.75) is 37.8 Å². The second-order valence-electron chi connectivity index (χ2n) is 8.62. The summed E-state index contributed by atoms with van der Waals surface area (Å²) in [4.78, 5) is 24.8. The number of carbonyl (C=O) groups excluding carboxylic acids is 1. The summed E-state index contributed by atoms with van der Waals surface area (Å²) in [6.45, 7) is -0.249. The minimum atomic E-state index is -5.03. The first kappa shape index (κ1) is 23.8. The molecule has 4 aromatic rings. The number of aliphatic hydroxyl groups is 2. The van der Waals surface area contributed by atoms with Crippen LogP contribution in [0.15, 0.2) is 54.9 Å². The molecule has 1 fully saturated rings. The van der Waals surface area contributed by atoms with Crippen LogP contribution in [-0.2, 0) is 11.4 Å². The van der Waals surface area contributed by atoms with E-state index in [0.717, 1.165) is 5.39 Å². The fraction of sp³-hybridized carbons (Fsp3) is 0.292. The minimum Gasteiger partial charge on any atom is -0.393 e. The minimum absolute atomic E-state index is 0.249. The molecule has 186 valence electrons. The van der Waals surface area contributed by atoms with Crippen LogP contribution in [0, 0.1) is 5.92 Å². The monoisotopic (exact) mass is 498 g/mol. The number of amides is 1. The summed E-state index contributed by atoms with van der Waals surface area (Å²) in [5, 5.41) is 26.3. The van der Waals surface area contributed by atoms with Gasteiger partial charge in [0.2, 0.25) is 0 Å². The Hall–Kier alpha value is -3.90. The Labute approximate surface area is 202 Å². The Morgan fingerprint density at radius 2 is 1.97 bits per heavy atom. The zero-order valence-corrected chi connectivity index (χ0v) is 18.7. The molecule has 0 unspecified atom stereocenters.